The highest BCUT2D eigenvalue weighted by molar-refractivity contribution is 5.83. The maximum atomic E-state index is 14.1. The van der Waals surface area contributed by atoms with E-state index in [-0.39, 0.29) is 17.2 Å². The molecule has 0 atom stereocenters. The fraction of sp³-hybridized carbons (Fsp3) is 0.333. The molecule has 1 N–H and O–H groups in total. The van der Waals surface area contributed by atoms with E-state index in [2.05, 4.69) is 10.5 Å². The number of hydrogen-bond acceptors (Lipinski definition) is 5. The third kappa shape index (κ3) is 4.80. The van der Waals surface area contributed by atoms with E-state index >= 15 is 0 Å². The first-order valence-corrected chi connectivity index (χ1v) is 10.4. The Hall–Kier alpha value is -3.26. The van der Waals surface area contributed by atoms with Crippen LogP contribution < -0.4 is 10.1 Å². The lowest BCUT2D eigenvalue weighted by Crippen LogP contribution is -2.45. The van der Waals surface area contributed by atoms with E-state index in [0.29, 0.717) is 44.8 Å². The summed E-state index contributed by atoms with van der Waals surface area (Å²) in [6.07, 6.45) is 1.35. The molecule has 0 saturated carbocycles. The second-order valence-electron chi connectivity index (χ2n) is 7.91. The molecule has 0 radical (unpaired) electrons. The molecule has 1 saturated heterocycles. The van der Waals surface area contributed by atoms with Crippen molar-refractivity contribution >= 4 is 5.91 Å². The number of carbonyl (C=O) groups excluding carboxylic acids is 1. The first-order chi connectivity index (χ1) is 15.5. The fourth-order valence-electron chi connectivity index (χ4n) is 3.95. The molecule has 1 aromatic heterocycles. The van der Waals surface area contributed by atoms with Gasteiger partial charge in [0.1, 0.15) is 28.8 Å². The van der Waals surface area contributed by atoms with Gasteiger partial charge in [-0.15, -0.1) is 0 Å². The summed E-state index contributed by atoms with van der Waals surface area (Å²) in [5.41, 5.74) is 0.602. The molecule has 0 bridgehead atoms. The fourth-order valence-corrected chi connectivity index (χ4v) is 3.95. The zero-order valence-corrected chi connectivity index (χ0v) is 17.7. The third-order valence-electron chi connectivity index (χ3n) is 5.80. The van der Waals surface area contributed by atoms with Gasteiger partial charge in [0.05, 0.1) is 12.5 Å². The summed E-state index contributed by atoms with van der Waals surface area (Å²) in [6.45, 7) is 1.28. The van der Waals surface area contributed by atoms with Crippen LogP contribution in [0.25, 0.3) is 11.3 Å². The van der Waals surface area contributed by atoms with Gasteiger partial charge in [-0.3, -0.25) is 4.79 Å². The van der Waals surface area contributed by atoms with Crippen molar-refractivity contribution in [2.45, 2.75) is 25.8 Å². The van der Waals surface area contributed by atoms with Crippen LogP contribution in [-0.2, 0) is 22.5 Å². The number of nitrogens with one attached hydrogen (secondary N) is 1. The summed E-state index contributed by atoms with van der Waals surface area (Å²) in [4.78, 5) is 13.3. The Morgan fingerprint density at radius 3 is 2.72 bits per heavy atom. The summed E-state index contributed by atoms with van der Waals surface area (Å²) in [7, 11) is 1.60. The van der Waals surface area contributed by atoms with Gasteiger partial charge in [0.2, 0.25) is 5.91 Å². The molecule has 0 unspecified atom stereocenters. The van der Waals surface area contributed by atoms with Gasteiger partial charge in [-0.1, -0.05) is 17.3 Å². The minimum atomic E-state index is -0.727. The average Bonchev–Trinajstić information content (AvgIpc) is 3.26. The van der Waals surface area contributed by atoms with Crippen molar-refractivity contribution in [2.75, 3.05) is 20.3 Å². The minimum absolute atomic E-state index is 0.102. The first kappa shape index (κ1) is 22.0. The molecular weight excluding hydrogens is 418 g/mol. The second kappa shape index (κ2) is 9.48. The van der Waals surface area contributed by atoms with Crippen molar-refractivity contribution in [3.8, 4) is 17.0 Å². The van der Waals surface area contributed by atoms with Gasteiger partial charge in [-0.05, 0) is 42.7 Å². The number of halogens is 2. The largest absolute Gasteiger partial charge is 0.497 e. The molecule has 168 valence electrons. The SMILES string of the molecule is COc1cccc(CNC(=O)C2(Cc3cc(-c4ccc(F)cc4F)no3)CCOCC2)c1. The van der Waals surface area contributed by atoms with Crippen LogP contribution in [-0.4, -0.2) is 31.4 Å². The Labute approximate surface area is 184 Å². The highest BCUT2D eigenvalue weighted by Gasteiger charge is 2.41. The lowest BCUT2D eigenvalue weighted by Gasteiger charge is -2.35. The number of hydrogen-bond donors (Lipinski definition) is 1. The highest BCUT2D eigenvalue weighted by atomic mass is 19.1. The molecular formula is C24H24F2N2O4. The molecule has 1 aliphatic rings. The maximum Gasteiger partial charge on any atom is 0.227 e. The summed E-state index contributed by atoms with van der Waals surface area (Å²) in [5.74, 6) is -0.304. The smallest absolute Gasteiger partial charge is 0.227 e. The van der Waals surface area contributed by atoms with Crippen molar-refractivity contribution in [1.29, 1.82) is 0 Å². The van der Waals surface area contributed by atoms with Gasteiger partial charge < -0.3 is 19.3 Å². The van der Waals surface area contributed by atoms with E-state index < -0.39 is 17.0 Å². The van der Waals surface area contributed by atoms with Crippen molar-refractivity contribution in [3.63, 3.8) is 0 Å². The lowest BCUT2D eigenvalue weighted by molar-refractivity contribution is -0.137. The molecule has 4 rings (SSSR count). The standard InChI is InChI=1S/C24H24F2N2O4/c1-30-18-4-2-3-16(11-18)15-27-23(29)24(7-9-31-10-8-24)14-19-13-22(28-32-19)20-6-5-17(25)12-21(20)26/h2-6,11-13H,7-10,14-15H2,1H3,(H,27,29). The van der Waals surface area contributed by atoms with E-state index in [9.17, 15) is 13.6 Å². The molecule has 6 nitrogen and oxygen atoms in total. The number of aromatic nitrogens is 1. The molecule has 8 heteroatoms. The van der Waals surface area contributed by atoms with Gasteiger partial charge >= 0.3 is 0 Å². The van der Waals surface area contributed by atoms with Crippen LogP contribution in [0, 0.1) is 17.0 Å². The van der Waals surface area contributed by atoms with Crippen molar-refractivity contribution in [1.82, 2.24) is 10.5 Å². The molecule has 3 aromatic rings. The Morgan fingerprint density at radius 2 is 1.97 bits per heavy atom. The average molecular weight is 442 g/mol. The summed E-state index contributed by atoms with van der Waals surface area (Å²) in [6, 6.07) is 12.4. The van der Waals surface area contributed by atoms with Gasteiger partial charge in [0.25, 0.3) is 0 Å². The van der Waals surface area contributed by atoms with Crippen molar-refractivity contribution in [3.05, 3.63) is 71.5 Å². The number of carbonyl (C=O) groups is 1. The maximum absolute atomic E-state index is 14.1. The zero-order valence-electron chi connectivity index (χ0n) is 17.7. The Kier molecular flexibility index (Phi) is 6.50. The molecule has 0 aliphatic carbocycles. The third-order valence-corrected chi connectivity index (χ3v) is 5.80. The van der Waals surface area contributed by atoms with Crippen LogP contribution in [0.3, 0.4) is 0 Å². The summed E-state index contributed by atoms with van der Waals surface area (Å²) in [5, 5.41) is 6.95. The van der Waals surface area contributed by atoms with E-state index in [1.54, 1.807) is 13.2 Å². The Balaban J connectivity index is 1.50. The van der Waals surface area contributed by atoms with Crippen LogP contribution >= 0.6 is 0 Å². The monoisotopic (exact) mass is 442 g/mol. The van der Waals surface area contributed by atoms with Gasteiger partial charge in [-0.25, -0.2) is 8.78 Å². The number of nitrogens with zero attached hydrogens (tertiary/aromatic N) is 1. The molecule has 2 aromatic carbocycles. The highest BCUT2D eigenvalue weighted by Crippen LogP contribution is 2.36. The number of ether oxygens (including phenoxy) is 2. The predicted molar refractivity (Wildman–Crippen MR) is 113 cm³/mol. The zero-order chi connectivity index (χ0) is 22.6. The minimum Gasteiger partial charge on any atom is -0.497 e. The number of methoxy groups -OCH3 is 1. The summed E-state index contributed by atoms with van der Waals surface area (Å²) >= 11 is 0. The molecule has 1 aliphatic heterocycles. The summed E-state index contributed by atoms with van der Waals surface area (Å²) < 4.78 is 43.5. The lowest BCUT2D eigenvalue weighted by atomic mass is 9.75. The second-order valence-corrected chi connectivity index (χ2v) is 7.91. The van der Waals surface area contributed by atoms with E-state index in [4.69, 9.17) is 14.0 Å². The van der Waals surface area contributed by atoms with Crippen molar-refractivity contribution in [2.24, 2.45) is 5.41 Å². The van der Waals surface area contributed by atoms with Crippen LogP contribution in [0.15, 0.2) is 53.1 Å². The normalized spacial score (nSPS) is 15.3. The van der Waals surface area contributed by atoms with Crippen LogP contribution in [0.5, 0.6) is 5.75 Å². The molecule has 1 fully saturated rings. The van der Waals surface area contributed by atoms with E-state index in [1.165, 1.54) is 12.1 Å². The Bertz CT molecular complexity index is 1090. The van der Waals surface area contributed by atoms with Gasteiger partial charge in [-0.2, -0.15) is 0 Å². The van der Waals surface area contributed by atoms with Gasteiger partial charge in [0, 0.05) is 43.9 Å². The van der Waals surface area contributed by atoms with Crippen LogP contribution in [0.4, 0.5) is 8.78 Å². The quantitative estimate of drug-likeness (QED) is 0.591. The number of benzene rings is 2. The predicted octanol–water partition coefficient (Wildman–Crippen LogP) is 4.28. The van der Waals surface area contributed by atoms with E-state index in [1.807, 2.05) is 24.3 Å². The number of rotatable bonds is 7. The number of amides is 1. The molecule has 1 amide bonds. The van der Waals surface area contributed by atoms with Gasteiger partial charge in [0.15, 0.2) is 0 Å². The van der Waals surface area contributed by atoms with Crippen molar-refractivity contribution < 1.29 is 27.6 Å². The first-order valence-electron chi connectivity index (χ1n) is 10.4. The van der Waals surface area contributed by atoms with E-state index in [0.717, 1.165) is 17.4 Å². The van der Waals surface area contributed by atoms with Crippen LogP contribution in [0.2, 0.25) is 0 Å². The molecule has 0 spiro atoms. The molecule has 32 heavy (non-hydrogen) atoms. The Morgan fingerprint density at radius 1 is 1.16 bits per heavy atom. The molecule has 2 heterocycles. The topological polar surface area (TPSA) is 73.6 Å². The van der Waals surface area contributed by atoms with Crippen LogP contribution in [0.1, 0.15) is 24.2 Å².